The molecule has 6 nitrogen and oxygen atoms in total. The summed E-state index contributed by atoms with van der Waals surface area (Å²) in [4.78, 5) is 24.8. The van der Waals surface area contributed by atoms with Crippen molar-refractivity contribution in [3.8, 4) is 6.07 Å². The molecule has 0 saturated carbocycles. The Morgan fingerprint density at radius 3 is 2.56 bits per heavy atom. The maximum atomic E-state index is 11.6. The van der Waals surface area contributed by atoms with Gasteiger partial charge in [0.1, 0.15) is 22.7 Å². The Kier molecular flexibility index (Phi) is 9.51. The molecular formula is C27H33N5OS. The van der Waals surface area contributed by atoms with Gasteiger partial charge in [0.05, 0.1) is 12.1 Å². The van der Waals surface area contributed by atoms with E-state index in [0.717, 1.165) is 61.5 Å². The highest BCUT2D eigenvalue weighted by atomic mass is 32.2. The predicted molar refractivity (Wildman–Crippen MR) is 139 cm³/mol. The normalized spacial score (nSPS) is 14.3. The van der Waals surface area contributed by atoms with E-state index in [1.165, 1.54) is 0 Å². The molecule has 178 valence electrons. The molecular weight excluding hydrogens is 442 g/mol. The Balaban J connectivity index is 1.84. The largest absolute Gasteiger partial charge is 0.364 e. The van der Waals surface area contributed by atoms with Crippen molar-refractivity contribution in [1.29, 1.82) is 5.26 Å². The number of Topliss-reactive ketones (excluding diaryl/α,β-unsaturated/α-hetero) is 1. The molecule has 1 aromatic heterocycles. The second-order valence-electron chi connectivity index (χ2n) is 8.66. The number of hydrogen-bond acceptors (Lipinski definition) is 6. The third-order valence-corrected chi connectivity index (χ3v) is 7.35. The van der Waals surface area contributed by atoms with Crippen LogP contribution in [0.25, 0.3) is 4.85 Å². The first kappa shape index (κ1) is 25.7. The summed E-state index contributed by atoms with van der Waals surface area (Å²) in [5, 5.41) is 10.6. The molecule has 3 rings (SSSR count). The fourth-order valence-electron chi connectivity index (χ4n) is 4.16. The van der Waals surface area contributed by atoms with Crippen molar-refractivity contribution >= 4 is 29.1 Å². The number of nitrogens with zero attached hydrogens (tertiary/aromatic N) is 5. The Morgan fingerprint density at radius 1 is 1.18 bits per heavy atom. The molecule has 1 fully saturated rings. The quantitative estimate of drug-likeness (QED) is 0.357. The van der Waals surface area contributed by atoms with Gasteiger partial charge in [-0.05, 0) is 49.5 Å². The number of aromatic nitrogens is 1. The zero-order valence-corrected chi connectivity index (χ0v) is 21.2. The van der Waals surface area contributed by atoms with Crippen LogP contribution in [0, 0.1) is 17.9 Å². The number of rotatable bonds is 9. The molecule has 1 aliphatic rings. The minimum Gasteiger partial charge on any atom is -0.364 e. The van der Waals surface area contributed by atoms with Crippen molar-refractivity contribution in [2.45, 2.75) is 56.7 Å². The second kappa shape index (κ2) is 12.6. The van der Waals surface area contributed by atoms with E-state index < -0.39 is 0 Å². The standard InChI is InChI=1S/C27H33N5OS/c1-5-22(33)13-12-20-8-10-21(11-9-20)19-34-27-24(18-28)23(6-2)25(29-3)26(30-27)32-15-7-14-31(4)16-17-32/h8-11H,5-7,12-17,19H2,1-2,4H3. The van der Waals surface area contributed by atoms with Crippen LogP contribution < -0.4 is 4.90 Å². The molecule has 0 aliphatic carbocycles. The van der Waals surface area contributed by atoms with Gasteiger partial charge in [-0.2, -0.15) is 5.26 Å². The van der Waals surface area contributed by atoms with Crippen molar-refractivity contribution in [3.05, 3.63) is 57.9 Å². The topological polar surface area (TPSA) is 64.6 Å². The molecule has 0 unspecified atom stereocenters. The van der Waals surface area contributed by atoms with Crippen LogP contribution in [-0.4, -0.2) is 48.9 Å². The number of thioether (sulfide) groups is 1. The molecule has 0 spiro atoms. The van der Waals surface area contributed by atoms with Gasteiger partial charge in [0.15, 0.2) is 0 Å². The van der Waals surface area contributed by atoms with Crippen molar-refractivity contribution < 1.29 is 4.79 Å². The van der Waals surface area contributed by atoms with E-state index in [4.69, 9.17) is 11.6 Å². The lowest BCUT2D eigenvalue weighted by molar-refractivity contribution is -0.118. The summed E-state index contributed by atoms with van der Waals surface area (Å²) in [5.41, 5.74) is 4.17. The highest BCUT2D eigenvalue weighted by Gasteiger charge is 2.24. The lowest BCUT2D eigenvalue weighted by Gasteiger charge is -2.25. The molecule has 1 aliphatic heterocycles. The van der Waals surface area contributed by atoms with Crippen LogP contribution in [0.4, 0.5) is 11.5 Å². The number of likely N-dealkylation sites (N-methyl/N-ethyl adjacent to an activating group) is 1. The number of ketones is 1. The van der Waals surface area contributed by atoms with Gasteiger partial charge in [-0.15, -0.1) is 11.8 Å². The van der Waals surface area contributed by atoms with E-state index in [-0.39, 0.29) is 5.78 Å². The molecule has 0 N–H and O–H groups in total. The number of carbonyl (C=O) groups is 1. The van der Waals surface area contributed by atoms with Gasteiger partial charge < -0.3 is 9.80 Å². The van der Waals surface area contributed by atoms with Crippen LogP contribution >= 0.6 is 11.8 Å². The summed E-state index contributed by atoms with van der Waals surface area (Å²) < 4.78 is 0. The maximum Gasteiger partial charge on any atom is 0.232 e. The number of carbonyl (C=O) groups excluding carboxylic acids is 1. The molecule has 1 aromatic carbocycles. The molecule has 0 atom stereocenters. The number of nitriles is 1. The van der Waals surface area contributed by atoms with E-state index in [1.807, 2.05) is 13.8 Å². The van der Waals surface area contributed by atoms with Crippen molar-refractivity contribution in [3.63, 3.8) is 0 Å². The molecule has 2 aromatic rings. The molecule has 0 radical (unpaired) electrons. The number of hydrogen-bond donors (Lipinski definition) is 0. The summed E-state index contributed by atoms with van der Waals surface area (Å²) in [6, 6.07) is 10.7. The Bertz CT molecular complexity index is 1080. The van der Waals surface area contributed by atoms with Gasteiger partial charge in [0, 0.05) is 38.2 Å². The maximum absolute atomic E-state index is 11.6. The first-order valence-electron chi connectivity index (χ1n) is 12.0. The average Bonchev–Trinajstić information content (AvgIpc) is 3.09. The second-order valence-corrected chi connectivity index (χ2v) is 9.63. The van der Waals surface area contributed by atoms with Crippen LogP contribution in [-0.2, 0) is 23.4 Å². The summed E-state index contributed by atoms with van der Waals surface area (Å²) in [6.07, 6.45) is 3.60. The van der Waals surface area contributed by atoms with Crippen molar-refractivity contribution in [2.24, 2.45) is 0 Å². The fraction of sp³-hybridized carbons (Fsp3) is 0.481. The molecule has 7 heteroatoms. The van der Waals surface area contributed by atoms with Gasteiger partial charge in [-0.25, -0.2) is 9.83 Å². The Labute approximate surface area is 207 Å². The minimum absolute atomic E-state index is 0.288. The van der Waals surface area contributed by atoms with Crippen molar-refractivity contribution in [1.82, 2.24) is 9.88 Å². The van der Waals surface area contributed by atoms with Crippen LogP contribution in [0.3, 0.4) is 0 Å². The third-order valence-electron chi connectivity index (χ3n) is 6.30. The van der Waals surface area contributed by atoms with Gasteiger partial charge in [0.25, 0.3) is 0 Å². The minimum atomic E-state index is 0.288. The number of aryl methyl sites for hydroxylation is 1. The predicted octanol–water partition coefficient (Wildman–Crippen LogP) is 5.41. The molecule has 0 bridgehead atoms. The van der Waals surface area contributed by atoms with Gasteiger partial charge >= 0.3 is 0 Å². The van der Waals surface area contributed by atoms with Gasteiger partial charge in [-0.1, -0.05) is 38.1 Å². The zero-order valence-electron chi connectivity index (χ0n) is 20.4. The SMILES string of the molecule is [C-]#[N+]c1c(N2CCCN(C)CC2)nc(SCc2ccc(CCC(=O)CC)cc2)c(C#N)c1CC. The fourth-order valence-corrected chi connectivity index (χ4v) is 5.12. The summed E-state index contributed by atoms with van der Waals surface area (Å²) >= 11 is 1.56. The van der Waals surface area contributed by atoms with Crippen molar-refractivity contribution in [2.75, 3.05) is 38.1 Å². The summed E-state index contributed by atoms with van der Waals surface area (Å²) in [7, 11) is 2.12. The van der Waals surface area contributed by atoms with Crippen LogP contribution in [0.2, 0.25) is 0 Å². The van der Waals surface area contributed by atoms with E-state index in [2.05, 4.69) is 52.0 Å². The first-order valence-corrected chi connectivity index (χ1v) is 13.0. The van der Waals surface area contributed by atoms with E-state index in [0.29, 0.717) is 41.3 Å². The lowest BCUT2D eigenvalue weighted by atomic mass is 10.1. The van der Waals surface area contributed by atoms with Crippen LogP contribution in [0.1, 0.15) is 55.4 Å². The molecule has 1 saturated heterocycles. The third kappa shape index (κ3) is 6.38. The van der Waals surface area contributed by atoms with E-state index >= 15 is 0 Å². The Morgan fingerprint density at radius 2 is 1.91 bits per heavy atom. The Hall–Kier alpha value is -2.87. The van der Waals surface area contributed by atoms with E-state index in [1.54, 1.807) is 11.8 Å². The highest BCUT2D eigenvalue weighted by Crippen LogP contribution is 2.39. The summed E-state index contributed by atoms with van der Waals surface area (Å²) in [5.74, 6) is 1.70. The molecule has 2 heterocycles. The lowest BCUT2D eigenvalue weighted by Crippen LogP contribution is -2.29. The number of benzene rings is 1. The van der Waals surface area contributed by atoms with Crippen LogP contribution in [0.15, 0.2) is 29.3 Å². The average molecular weight is 476 g/mol. The monoisotopic (exact) mass is 475 g/mol. The summed E-state index contributed by atoms with van der Waals surface area (Å²) in [6.45, 7) is 15.4. The van der Waals surface area contributed by atoms with E-state index in [9.17, 15) is 10.1 Å². The van der Waals surface area contributed by atoms with Gasteiger partial charge in [0.2, 0.25) is 5.69 Å². The zero-order chi connectivity index (χ0) is 24.5. The number of anilines is 1. The van der Waals surface area contributed by atoms with Gasteiger partial charge in [-0.3, -0.25) is 4.79 Å². The van der Waals surface area contributed by atoms with Crippen LogP contribution in [0.5, 0.6) is 0 Å². The first-order chi connectivity index (χ1) is 16.5. The highest BCUT2D eigenvalue weighted by molar-refractivity contribution is 7.98. The smallest absolute Gasteiger partial charge is 0.232 e. The number of pyridine rings is 1. The molecule has 0 amide bonds. The molecule has 34 heavy (non-hydrogen) atoms.